The first-order valence-corrected chi connectivity index (χ1v) is 6.03. The zero-order valence-electron chi connectivity index (χ0n) is 9.12. The first-order chi connectivity index (χ1) is 7.22. The number of hydrogen-bond donors (Lipinski definition) is 1. The molecule has 0 spiro atoms. The van der Waals surface area contributed by atoms with Crippen LogP contribution in [0.25, 0.3) is 0 Å². The Kier molecular flexibility index (Phi) is 5.18. The van der Waals surface area contributed by atoms with Crippen molar-refractivity contribution in [2.45, 2.75) is 25.3 Å². The molecule has 3 nitrogen and oxygen atoms in total. The standard InChI is InChI=1S/C11H16N2OS/c1-3-6-12-10(14)8-15-11-5-4-9(2)7-13-11/h4-5,7H,3,6,8H2,1-2H3,(H,12,14). The average Bonchev–Trinajstić information content (AvgIpc) is 2.25. The number of carbonyl (C=O) groups excluding carboxylic acids is 1. The highest BCUT2D eigenvalue weighted by molar-refractivity contribution is 7.99. The van der Waals surface area contributed by atoms with Crippen LogP contribution in [-0.2, 0) is 4.79 Å². The van der Waals surface area contributed by atoms with Gasteiger partial charge in [0.1, 0.15) is 0 Å². The second kappa shape index (κ2) is 6.45. The molecule has 0 bridgehead atoms. The number of aryl methyl sites for hydroxylation is 1. The zero-order chi connectivity index (χ0) is 11.1. The third kappa shape index (κ3) is 4.83. The summed E-state index contributed by atoms with van der Waals surface area (Å²) in [5.41, 5.74) is 1.13. The molecule has 1 N–H and O–H groups in total. The van der Waals surface area contributed by atoms with E-state index in [4.69, 9.17) is 0 Å². The van der Waals surface area contributed by atoms with E-state index in [-0.39, 0.29) is 5.91 Å². The van der Waals surface area contributed by atoms with E-state index in [0.717, 1.165) is 23.6 Å². The van der Waals surface area contributed by atoms with Crippen LogP contribution in [0, 0.1) is 6.92 Å². The van der Waals surface area contributed by atoms with Crippen molar-refractivity contribution < 1.29 is 4.79 Å². The predicted octanol–water partition coefficient (Wildman–Crippen LogP) is 2.01. The summed E-state index contributed by atoms with van der Waals surface area (Å²) in [7, 11) is 0. The Hall–Kier alpha value is -1.03. The van der Waals surface area contributed by atoms with Crippen molar-refractivity contribution >= 4 is 17.7 Å². The lowest BCUT2D eigenvalue weighted by Gasteiger charge is -2.02. The Morgan fingerprint density at radius 1 is 1.53 bits per heavy atom. The van der Waals surface area contributed by atoms with Crippen molar-refractivity contribution in [3.63, 3.8) is 0 Å². The van der Waals surface area contributed by atoms with Crippen molar-refractivity contribution in [2.24, 2.45) is 0 Å². The van der Waals surface area contributed by atoms with E-state index >= 15 is 0 Å². The van der Waals surface area contributed by atoms with Crippen LogP contribution in [0.15, 0.2) is 23.4 Å². The van der Waals surface area contributed by atoms with Gasteiger partial charge in [-0.15, -0.1) is 0 Å². The highest BCUT2D eigenvalue weighted by atomic mass is 32.2. The molecular formula is C11H16N2OS. The van der Waals surface area contributed by atoms with Gasteiger partial charge in [-0.25, -0.2) is 4.98 Å². The number of nitrogens with zero attached hydrogens (tertiary/aromatic N) is 1. The molecule has 0 radical (unpaired) electrons. The Bertz CT molecular complexity index is 311. The van der Waals surface area contributed by atoms with Crippen molar-refractivity contribution in [1.82, 2.24) is 10.3 Å². The Balaban J connectivity index is 2.30. The molecule has 1 heterocycles. The minimum absolute atomic E-state index is 0.0734. The monoisotopic (exact) mass is 224 g/mol. The van der Waals surface area contributed by atoms with E-state index in [1.807, 2.05) is 32.2 Å². The molecule has 0 aromatic carbocycles. The fraction of sp³-hybridized carbons (Fsp3) is 0.455. The summed E-state index contributed by atoms with van der Waals surface area (Å²) in [6, 6.07) is 3.94. The fourth-order valence-electron chi connectivity index (χ4n) is 0.995. The molecule has 0 saturated heterocycles. The number of aromatic nitrogens is 1. The molecule has 0 unspecified atom stereocenters. The molecule has 1 rings (SSSR count). The van der Waals surface area contributed by atoms with Crippen molar-refractivity contribution in [2.75, 3.05) is 12.3 Å². The molecule has 15 heavy (non-hydrogen) atoms. The largest absolute Gasteiger partial charge is 0.355 e. The SMILES string of the molecule is CCCNC(=O)CSc1ccc(C)cn1. The normalized spacial score (nSPS) is 10.0. The van der Waals surface area contributed by atoms with Crippen LogP contribution in [0.2, 0.25) is 0 Å². The predicted molar refractivity (Wildman–Crippen MR) is 63.0 cm³/mol. The van der Waals surface area contributed by atoms with Crippen LogP contribution < -0.4 is 5.32 Å². The third-order valence-electron chi connectivity index (χ3n) is 1.81. The fourth-order valence-corrected chi connectivity index (χ4v) is 1.67. The van der Waals surface area contributed by atoms with Gasteiger partial charge in [0.2, 0.25) is 5.91 Å². The molecule has 0 saturated carbocycles. The van der Waals surface area contributed by atoms with Crippen LogP contribution in [0.5, 0.6) is 0 Å². The summed E-state index contributed by atoms with van der Waals surface area (Å²) >= 11 is 1.46. The van der Waals surface area contributed by atoms with Gasteiger partial charge in [0.05, 0.1) is 10.8 Å². The number of nitrogens with one attached hydrogen (secondary N) is 1. The Morgan fingerprint density at radius 3 is 2.93 bits per heavy atom. The van der Waals surface area contributed by atoms with E-state index < -0.39 is 0 Å². The summed E-state index contributed by atoms with van der Waals surface area (Å²) in [5, 5.41) is 3.72. The van der Waals surface area contributed by atoms with Gasteiger partial charge in [-0.1, -0.05) is 24.8 Å². The molecule has 0 fully saturated rings. The molecule has 82 valence electrons. The van der Waals surface area contributed by atoms with Gasteiger partial charge < -0.3 is 5.32 Å². The number of thioether (sulfide) groups is 1. The van der Waals surface area contributed by atoms with Crippen molar-refractivity contribution in [1.29, 1.82) is 0 Å². The van der Waals surface area contributed by atoms with E-state index in [1.165, 1.54) is 11.8 Å². The van der Waals surface area contributed by atoms with Gasteiger partial charge in [-0.05, 0) is 25.0 Å². The molecule has 0 atom stereocenters. The molecular weight excluding hydrogens is 208 g/mol. The van der Waals surface area contributed by atoms with Crippen LogP contribution in [0.3, 0.4) is 0 Å². The quantitative estimate of drug-likeness (QED) is 0.778. The van der Waals surface area contributed by atoms with E-state index in [9.17, 15) is 4.79 Å². The van der Waals surface area contributed by atoms with Gasteiger partial charge in [0, 0.05) is 12.7 Å². The van der Waals surface area contributed by atoms with E-state index in [0.29, 0.717) is 5.75 Å². The smallest absolute Gasteiger partial charge is 0.230 e. The lowest BCUT2D eigenvalue weighted by molar-refractivity contribution is -0.118. The highest BCUT2D eigenvalue weighted by Gasteiger charge is 2.01. The minimum atomic E-state index is 0.0734. The second-order valence-corrected chi connectivity index (χ2v) is 4.31. The number of pyridine rings is 1. The molecule has 1 amide bonds. The molecule has 0 aliphatic carbocycles. The van der Waals surface area contributed by atoms with E-state index in [1.54, 1.807) is 0 Å². The summed E-state index contributed by atoms with van der Waals surface area (Å²) in [5.74, 6) is 0.514. The van der Waals surface area contributed by atoms with Gasteiger partial charge in [-0.3, -0.25) is 4.79 Å². The first-order valence-electron chi connectivity index (χ1n) is 5.04. The maximum Gasteiger partial charge on any atom is 0.230 e. The van der Waals surface area contributed by atoms with Crippen LogP contribution in [0.4, 0.5) is 0 Å². The van der Waals surface area contributed by atoms with Gasteiger partial charge in [0.25, 0.3) is 0 Å². The zero-order valence-corrected chi connectivity index (χ0v) is 9.93. The van der Waals surface area contributed by atoms with Crippen LogP contribution in [-0.4, -0.2) is 23.2 Å². The van der Waals surface area contributed by atoms with Crippen molar-refractivity contribution in [3.8, 4) is 0 Å². The number of amides is 1. The highest BCUT2D eigenvalue weighted by Crippen LogP contribution is 2.14. The number of hydrogen-bond acceptors (Lipinski definition) is 3. The molecule has 0 aliphatic heterocycles. The van der Waals surface area contributed by atoms with E-state index in [2.05, 4.69) is 10.3 Å². The summed E-state index contributed by atoms with van der Waals surface area (Å²) < 4.78 is 0. The lowest BCUT2D eigenvalue weighted by Crippen LogP contribution is -2.25. The molecule has 0 aliphatic rings. The minimum Gasteiger partial charge on any atom is -0.355 e. The second-order valence-electron chi connectivity index (χ2n) is 3.31. The van der Waals surface area contributed by atoms with Gasteiger partial charge in [-0.2, -0.15) is 0 Å². The summed E-state index contributed by atoms with van der Waals surface area (Å²) in [4.78, 5) is 15.5. The topological polar surface area (TPSA) is 42.0 Å². The maximum absolute atomic E-state index is 11.3. The van der Waals surface area contributed by atoms with Crippen LogP contribution in [0.1, 0.15) is 18.9 Å². The average molecular weight is 224 g/mol. The molecule has 1 aromatic rings. The maximum atomic E-state index is 11.3. The lowest BCUT2D eigenvalue weighted by atomic mass is 10.3. The Morgan fingerprint density at radius 2 is 2.33 bits per heavy atom. The van der Waals surface area contributed by atoms with Gasteiger partial charge in [0.15, 0.2) is 0 Å². The first kappa shape index (κ1) is 12.0. The molecule has 1 aromatic heterocycles. The summed E-state index contributed by atoms with van der Waals surface area (Å²) in [6.45, 7) is 4.78. The van der Waals surface area contributed by atoms with Crippen molar-refractivity contribution in [3.05, 3.63) is 23.9 Å². The van der Waals surface area contributed by atoms with Crippen LogP contribution >= 0.6 is 11.8 Å². The summed E-state index contributed by atoms with van der Waals surface area (Å²) in [6.07, 6.45) is 2.78. The number of carbonyl (C=O) groups is 1. The molecule has 4 heteroatoms. The number of rotatable bonds is 5. The third-order valence-corrected chi connectivity index (χ3v) is 2.75. The Labute approximate surface area is 94.7 Å². The van der Waals surface area contributed by atoms with Gasteiger partial charge >= 0.3 is 0 Å².